The number of rotatable bonds is 6. The average Bonchev–Trinajstić information content (AvgIpc) is 2.26. The highest BCUT2D eigenvalue weighted by Gasteiger charge is 2.22. The van der Waals surface area contributed by atoms with E-state index in [9.17, 15) is 0 Å². The molecule has 0 atom stereocenters. The fourth-order valence-electron chi connectivity index (χ4n) is 2.26. The normalized spacial score (nSPS) is 12.4. The molecule has 0 amide bonds. The van der Waals surface area contributed by atoms with Gasteiger partial charge in [0.05, 0.1) is 0 Å². The molecule has 0 unspecified atom stereocenters. The monoisotopic (exact) mass is 248 g/mol. The molecule has 0 spiro atoms. The quantitative estimate of drug-likeness (QED) is 0.780. The number of nitrogen functional groups attached to an aromatic ring is 1. The summed E-state index contributed by atoms with van der Waals surface area (Å²) in [5.74, 6) is 0.770. The van der Waals surface area contributed by atoms with Gasteiger partial charge in [0.2, 0.25) is 0 Å². The zero-order valence-corrected chi connectivity index (χ0v) is 12.5. The molecule has 0 aliphatic rings. The molecule has 0 heterocycles. The van der Waals surface area contributed by atoms with Crippen molar-refractivity contribution in [1.29, 1.82) is 0 Å². The van der Waals surface area contributed by atoms with Gasteiger partial charge in [0.25, 0.3) is 0 Å². The van der Waals surface area contributed by atoms with Gasteiger partial charge in [-0.05, 0) is 43.6 Å². The number of hydrogen-bond donors (Lipinski definition) is 1. The summed E-state index contributed by atoms with van der Waals surface area (Å²) in [4.78, 5) is 2.43. The molecule has 0 bridgehead atoms. The molecule has 2 heteroatoms. The molecule has 0 fully saturated rings. The number of benzene rings is 1. The average molecular weight is 248 g/mol. The van der Waals surface area contributed by atoms with E-state index >= 15 is 0 Å². The van der Waals surface area contributed by atoms with Crippen molar-refractivity contribution < 1.29 is 0 Å². The minimum Gasteiger partial charge on any atom is -0.399 e. The molecule has 2 N–H and O–H groups in total. The zero-order chi connectivity index (χ0) is 13.8. The van der Waals surface area contributed by atoms with Crippen molar-refractivity contribution >= 4 is 5.69 Å². The first-order valence-electron chi connectivity index (χ1n) is 6.86. The molecular weight excluding hydrogens is 220 g/mol. The first kappa shape index (κ1) is 15.0. The maximum absolute atomic E-state index is 5.74. The Morgan fingerprint density at radius 1 is 1.17 bits per heavy atom. The minimum atomic E-state index is 0.166. The minimum absolute atomic E-state index is 0.166. The number of nitrogens with zero attached hydrogens (tertiary/aromatic N) is 1. The van der Waals surface area contributed by atoms with Gasteiger partial charge < -0.3 is 10.6 Å². The van der Waals surface area contributed by atoms with E-state index in [1.807, 2.05) is 12.1 Å². The molecule has 0 saturated carbocycles. The Kier molecular flexibility index (Phi) is 5.21. The summed E-state index contributed by atoms with van der Waals surface area (Å²) in [5.41, 5.74) is 8.10. The lowest BCUT2D eigenvalue weighted by Gasteiger charge is -2.31. The third-order valence-electron chi connectivity index (χ3n) is 3.45. The van der Waals surface area contributed by atoms with Gasteiger partial charge in [-0.1, -0.05) is 39.8 Å². The summed E-state index contributed by atoms with van der Waals surface area (Å²) in [6.45, 7) is 11.4. The van der Waals surface area contributed by atoms with Gasteiger partial charge in [-0.3, -0.25) is 0 Å². The van der Waals surface area contributed by atoms with Crippen LogP contribution in [0.2, 0.25) is 0 Å². The first-order chi connectivity index (χ1) is 8.31. The third kappa shape index (κ3) is 4.69. The van der Waals surface area contributed by atoms with E-state index in [0.717, 1.165) is 24.7 Å². The highest BCUT2D eigenvalue weighted by atomic mass is 15.1. The molecule has 0 aromatic heterocycles. The Balaban J connectivity index is 2.60. The summed E-state index contributed by atoms with van der Waals surface area (Å²) < 4.78 is 0. The fourth-order valence-corrected chi connectivity index (χ4v) is 2.26. The van der Waals surface area contributed by atoms with Crippen LogP contribution in [0.25, 0.3) is 0 Å². The van der Waals surface area contributed by atoms with E-state index in [1.54, 1.807) is 0 Å². The van der Waals surface area contributed by atoms with Crippen molar-refractivity contribution in [2.45, 2.75) is 39.5 Å². The molecule has 1 aromatic carbocycles. The summed E-state index contributed by atoms with van der Waals surface area (Å²) in [5, 5.41) is 0. The Hall–Kier alpha value is -1.02. The van der Waals surface area contributed by atoms with Crippen molar-refractivity contribution in [3.8, 4) is 0 Å². The number of likely N-dealkylation sites (N-methyl/N-ethyl adjacent to an activating group) is 1. The van der Waals surface area contributed by atoms with E-state index in [2.05, 4.69) is 51.8 Å². The molecule has 18 heavy (non-hydrogen) atoms. The van der Waals surface area contributed by atoms with E-state index < -0.39 is 0 Å². The van der Waals surface area contributed by atoms with E-state index in [-0.39, 0.29) is 5.41 Å². The Labute approximate surface area is 112 Å². The molecule has 2 nitrogen and oxygen atoms in total. The van der Waals surface area contributed by atoms with Crippen molar-refractivity contribution in [3.05, 3.63) is 29.8 Å². The molecule has 1 rings (SSSR count). The van der Waals surface area contributed by atoms with Crippen LogP contribution in [-0.4, -0.2) is 25.0 Å². The smallest absolute Gasteiger partial charge is 0.0314 e. The van der Waals surface area contributed by atoms with Crippen molar-refractivity contribution in [2.75, 3.05) is 25.9 Å². The maximum Gasteiger partial charge on any atom is 0.0314 e. The van der Waals surface area contributed by atoms with Crippen LogP contribution in [0.15, 0.2) is 24.3 Å². The topological polar surface area (TPSA) is 29.3 Å². The Morgan fingerprint density at radius 3 is 2.22 bits per heavy atom. The lowest BCUT2D eigenvalue weighted by molar-refractivity contribution is 0.254. The summed E-state index contributed by atoms with van der Waals surface area (Å²) in [6.07, 6.45) is 1.26. The van der Waals surface area contributed by atoms with Gasteiger partial charge in [-0.25, -0.2) is 0 Å². The largest absolute Gasteiger partial charge is 0.399 e. The number of hydrogen-bond acceptors (Lipinski definition) is 2. The molecule has 102 valence electrons. The van der Waals surface area contributed by atoms with Crippen LogP contribution < -0.4 is 5.73 Å². The van der Waals surface area contributed by atoms with Crippen molar-refractivity contribution in [2.24, 2.45) is 5.92 Å². The molecule has 1 aromatic rings. The second-order valence-corrected chi connectivity index (χ2v) is 6.43. The third-order valence-corrected chi connectivity index (χ3v) is 3.45. The van der Waals surface area contributed by atoms with Crippen LogP contribution in [0, 0.1) is 5.92 Å². The highest BCUT2D eigenvalue weighted by molar-refractivity contribution is 5.41. The predicted molar refractivity (Wildman–Crippen MR) is 80.8 cm³/mol. The second-order valence-electron chi connectivity index (χ2n) is 6.43. The predicted octanol–water partition coefficient (Wildman–Crippen LogP) is 3.52. The molecule has 0 aliphatic heterocycles. The molecule has 0 aliphatic carbocycles. The van der Waals surface area contributed by atoms with E-state index in [4.69, 9.17) is 5.73 Å². The van der Waals surface area contributed by atoms with Crippen LogP contribution in [0.3, 0.4) is 0 Å². The van der Waals surface area contributed by atoms with Crippen LogP contribution >= 0.6 is 0 Å². The molecule has 0 saturated heterocycles. The lowest BCUT2D eigenvalue weighted by Crippen LogP contribution is -2.35. The summed E-state index contributed by atoms with van der Waals surface area (Å²) in [6, 6.07) is 8.27. The standard InChI is InChI=1S/C16H28N2/c1-13(2)10-11-18(5)12-16(3,4)14-6-8-15(17)9-7-14/h6-9,13H,10-12,17H2,1-5H3. The van der Waals surface area contributed by atoms with Crippen molar-refractivity contribution in [1.82, 2.24) is 4.90 Å². The van der Waals surface area contributed by atoms with Crippen LogP contribution in [0.5, 0.6) is 0 Å². The SMILES string of the molecule is CC(C)CCN(C)CC(C)(C)c1ccc(N)cc1. The van der Waals surface area contributed by atoms with E-state index in [0.29, 0.717) is 0 Å². The lowest BCUT2D eigenvalue weighted by atomic mass is 9.84. The first-order valence-corrected chi connectivity index (χ1v) is 6.86. The second kappa shape index (κ2) is 6.24. The van der Waals surface area contributed by atoms with Gasteiger partial charge in [-0.2, -0.15) is 0 Å². The Bertz CT molecular complexity index is 352. The van der Waals surface area contributed by atoms with Gasteiger partial charge in [0.1, 0.15) is 0 Å². The summed E-state index contributed by atoms with van der Waals surface area (Å²) >= 11 is 0. The van der Waals surface area contributed by atoms with Crippen LogP contribution in [-0.2, 0) is 5.41 Å². The van der Waals surface area contributed by atoms with Gasteiger partial charge >= 0.3 is 0 Å². The molecular formula is C16H28N2. The number of nitrogens with two attached hydrogens (primary N) is 1. The Morgan fingerprint density at radius 2 is 1.72 bits per heavy atom. The van der Waals surface area contributed by atoms with Crippen LogP contribution in [0.1, 0.15) is 39.7 Å². The number of anilines is 1. The van der Waals surface area contributed by atoms with Crippen LogP contribution in [0.4, 0.5) is 5.69 Å². The fraction of sp³-hybridized carbons (Fsp3) is 0.625. The highest BCUT2D eigenvalue weighted by Crippen LogP contribution is 2.25. The summed E-state index contributed by atoms with van der Waals surface area (Å²) in [7, 11) is 2.21. The maximum atomic E-state index is 5.74. The molecule has 0 radical (unpaired) electrons. The van der Waals surface area contributed by atoms with E-state index in [1.165, 1.54) is 12.0 Å². The van der Waals surface area contributed by atoms with Gasteiger partial charge in [-0.15, -0.1) is 0 Å². The van der Waals surface area contributed by atoms with Gasteiger partial charge in [0.15, 0.2) is 0 Å². The zero-order valence-electron chi connectivity index (χ0n) is 12.5. The van der Waals surface area contributed by atoms with Gasteiger partial charge in [0, 0.05) is 17.6 Å². The van der Waals surface area contributed by atoms with Crippen molar-refractivity contribution in [3.63, 3.8) is 0 Å².